The van der Waals surface area contributed by atoms with Crippen molar-refractivity contribution in [1.82, 2.24) is 4.72 Å². The summed E-state index contributed by atoms with van der Waals surface area (Å²) in [6.07, 6.45) is 1.19. The third-order valence-electron chi connectivity index (χ3n) is 4.69. The predicted octanol–water partition coefficient (Wildman–Crippen LogP) is 3.35. The van der Waals surface area contributed by atoms with E-state index in [1.807, 2.05) is 32.9 Å². The second kappa shape index (κ2) is 10.3. The zero-order chi connectivity index (χ0) is 21.4. The quantitative estimate of drug-likeness (QED) is 0.364. The Kier molecular flexibility index (Phi) is 8.10. The van der Waals surface area contributed by atoms with Crippen LogP contribution in [-0.2, 0) is 26.0 Å². The highest BCUT2D eigenvalue weighted by Crippen LogP contribution is 2.14. The minimum atomic E-state index is -3.62. The first-order chi connectivity index (χ1) is 13.7. The van der Waals surface area contributed by atoms with Gasteiger partial charge < -0.3 is 4.74 Å². The van der Waals surface area contributed by atoms with Crippen LogP contribution in [0.3, 0.4) is 0 Å². The van der Waals surface area contributed by atoms with Gasteiger partial charge in [0.1, 0.15) is 0 Å². The topological polar surface area (TPSA) is 89.5 Å². The first-order valence-electron chi connectivity index (χ1n) is 9.57. The van der Waals surface area contributed by atoms with E-state index < -0.39 is 16.0 Å². The van der Waals surface area contributed by atoms with Gasteiger partial charge in [-0.1, -0.05) is 37.3 Å². The molecule has 0 amide bonds. The first kappa shape index (κ1) is 22.8. The fourth-order valence-corrected chi connectivity index (χ4v) is 3.79. The van der Waals surface area contributed by atoms with Gasteiger partial charge in [0.15, 0.2) is 12.4 Å². The fourth-order valence-electron chi connectivity index (χ4n) is 2.63. The molecule has 156 valence electrons. The van der Waals surface area contributed by atoms with Gasteiger partial charge in [0, 0.05) is 18.5 Å². The van der Waals surface area contributed by atoms with Gasteiger partial charge in [0.2, 0.25) is 10.0 Å². The molecule has 7 heteroatoms. The maximum Gasteiger partial charge on any atom is 0.306 e. The molecule has 29 heavy (non-hydrogen) atoms. The number of sulfonamides is 1. The van der Waals surface area contributed by atoms with Crippen LogP contribution in [0.5, 0.6) is 0 Å². The summed E-state index contributed by atoms with van der Waals surface area (Å²) in [5, 5.41) is 0. The average Bonchev–Trinajstić information content (AvgIpc) is 2.71. The van der Waals surface area contributed by atoms with E-state index in [0.29, 0.717) is 5.56 Å². The number of ether oxygens (including phenoxy) is 1. The molecule has 0 atom stereocenters. The van der Waals surface area contributed by atoms with Crippen LogP contribution in [0.2, 0.25) is 0 Å². The largest absolute Gasteiger partial charge is 0.457 e. The van der Waals surface area contributed by atoms with Crippen molar-refractivity contribution < 1.29 is 22.7 Å². The summed E-state index contributed by atoms with van der Waals surface area (Å²) in [7, 11) is -3.62. The summed E-state index contributed by atoms with van der Waals surface area (Å²) >= 11 is 0. The molecule has 0 aliphatic rings. The van der Waals surface area contributed by atoms with Crippen LogP contribution in [0.1, 0.15) is 46.8 Å². The summed E-state index contributed by atoms with van der Waals surface area (Å²) in [5.41, 5.74) is 3.53. The Hall–Kier alpha value is -2.51. The monoisotopic (exact) mass is 417 g/mol. The molecule has 0 saturated carbocycles. The standard InChI is InChI=1S/C22H27NO5S/c1-4-18-8-10-19(11-9-18)21(24)15-28-22(25)6-5-13-23-29(26,27)20-12-7-16(2)17(3)14-20/h7-12,14,23H,4-6,13,15H2,1-3H3. The van der Waals surface area contributed by atoms with Crippen LogP contribution in [0.25, 0.3) is 0 Å². The van der Waals surface area contributed by atoms with E-state index in [9.17, 15) is 18.0 Å². The Morgan fingerprint density at radius 3 is 2.31 bits per heavy atom. The summed E-state index contributed by atoms with van der Waals surface area (Å²) in [4.78, 5) is 24.1. The highest BCUT2D eigenvalue weighted by molar-refractivity contribution is 7.89. The van der Waals surface area contributed by atoms with Crippen molar-refractivity contribution in [2.45, 2.75) is 44.9 Å². The zero-order valence-electron chi connectivity index (χ0n) is 17.0. The van der Waals surface area contributed by atoms with Crippen molar-refractivity contribution in [3.05, 3.63) is 64.7 Å². The van der Waals surface area contributed by atoms with E-state index in [1.165, 1.54) is 0 Å². The highest BCUT2D eigenvalue weighted by atomic mass is 32.2. The molecule has 0 spiro atoms. The smallest absolute Gasteiger partial charge is 0.306 e. The van der Waals surface area contributed by atoms with E-state index in [1.54, 1.807) is 30.3 Å². The molecule has 2 rings (SSSR count). The van der Waals surface area contributed by atoms with Crippen molar-refractivity contribution in [1.29, 1.82) is 0 Å². The fraction of sp³-hybridized carbons (Fsp3) is 0.364. The third kappa shape index (κ3) is 6.80. The van der Waals surface area contributed by atoms with Gasteiger partial charge in [-0.2, -0.15) is 0 Å². The van der Waals surface area contributed by atoms with Crippen molar-refractivity contribution >= 4 is 21.8 Å². The summed E-state index contributed by atoms with van der Waals surface area (Å²) in [6.45, 7) is 5.58. The van der Waals surface area contributed by atoms with Gasteiger partial charge in [-0.25, -0.2) is 13.1 Å². The number of carbonyl (C=O) groups is 2. The number of hydrogen-bond donors (Lipinski definition) is 1. The minimum Gasteiger partial charge on any atom is -0.457 e. The van der Waals surface area contributed by atoms with Crippen molar-refractivity contribution in [3.8, 4) is 0 Å². The number of hydrogen-bond acceptors (Lipinski definition) is 5. The van der Waals surface area contributed by atoms with Crippen LogP contribution in [0.4, 0.5) is 0 Å². The second-order valence-corrected chi connectivity index (χ2v) is 8.65. The molecule has 6 nitrogen and oxygen atoms in total. The van der Waals surface area contributed by atoms with Crippen molar-refractivity contribution in [2.75, 3.05) is 13.2 Å². The SMILES string of the molecule is CCc1ccc(C(=O)COC(=O)CCCNS(=O)(=O)c2ccc(C)c(C)c2)cc1. The highest BCUT2D eigenvalue weighted by Gasteiger charge is 2.15. The second-order valence-electron chi connectivity index (χ2n) is 6.88. The van der Waals surface area contributed by atoms with E-state index in [-0.39, 0.29) is 36.7 Å². The molecular formula is C22H27NO5S. The van der Waals surface area contributed by atoms with Crippen LogP contribution in [-0.4, -0.2) is 33.3 Å². The number of esters is 1. The van der Waals surface area contributed by atoms with E-state index in [0.717, 1.165) is 23.1 Å². The van der Waals surface area contributed by atoms with Gasteiger partial charge in [-0.3, -0.25) is 9.59 Å². The number of carbonyl (C=O) groups excluding carboxylic acids is 2. The molecule has 0 aromatic heterocycles. The lowest BCUT2D eigenvalue weighted by Gasteiger charge is -2.09. The van der Waals surface area contributed by atoms with Crippen LogP contribution < -0.4 is 4.72 Å². The molecule has 0 fully saturated rings. The average molecular weight is 418 g/mol. The minimum absolute atomic E-state index is 0.0253. The molecule has 0 heterocycles. The molecule has 0 saturated heterocycles. The Labute approximate surface area is 172 Å². The maximum absolute atomic E-state index is 12.3. The molecule has 0 unspecified atom stereocenters. The number of ketones is 1. The van der Waals surface area contributed by atoms with Gasteiger partial charge in [0.25, 0.3) is 0 Å². The molecule has 2 aromatic carbocycles. The van der Waals surface area contributed by atoms with E-state index in [4.69, 9.17) is 4.74 Å². The van der Waals surface area contributed by atoms with E-state index in [2.05, 4.69) is 4.72 Å². The third-order valence-corrected chi connectivity index (χ3v) is 6.15. The number of rotatable bonds is 10. The van der Waals surface area contributed by atoms with Crippen LogP contribution >= 0.6 is 0 Å². The number of benzene rings is 2. The Morgan fingerprint density at radius 2 is 1.69 bits per heavy atom. The predicted molar refractivity (Wildman–Crippen MR) is 111 cm³/mol. The van der Waals surface area contributed by atoms with E-state index >= 15 is 0 Å². The Balaban J connectivity index is 1.73. The Morgan fingerprint density at radius 1 is 1.00 bits per heavy atom. The lowest BCUT2D eigenvalue weighted by molar-refractivity contribution is -0.142. The van der Waals surface area contributed by atoms with Crippen molar-refractivity contribution in [3.63, 3.8) is 0 Å². The molecule has 1 N–H and O–H groups in total. The van der Waals surface area contributed by atoms with Gasteiger partial charge >= 0.3 is 5.97 Å². The molecule has 0 bridgehead atoms. The first-order valence-corrected chi connectivity index (χ1v) is 11.1. The number of aryl methyl sites for hydroxylation is 3. The summed E-state index contributed by atoms with van der Waals surface area (Å²) in [6, 6.07) is 12.1. The summed E-state index contributed by atoms with van der Waals surface area (Å²) < 4.78 is 32.0. The van der Waals surface area contributed by atoms with Gasteiger partial charge in [0.05, 0.1) is 4.90 Å². The lowest BCUT2D eigenvalue weighted by Crippen LogP contribution is -2.25. The maximum atomic E-state index is 12.3. The molecule has 2 aromatic rings. The number of Topliss-reactive ketones (excluding diaryl/α,β-unsaturated/α-hetero) is 1. The zero-order valence-corrected chi connectivity index (χ0v) is 17.8. The van der Waals surface area contributed by atoms with Crippen LogP contribution in [0.15, 0.2) is 47.4 Å². The van der Waals surface area contributed by atoms with Gasteiger partial charge in [-0.05, 0) is 55.5 Å². The lowest BCUT2D eigenvalue weighted by atomic mass is 10.1. The molecule has 0 aliphatic heterocycles. The normalized spacial score (nSPS) is 11.3. The molecule has 0 aliphatic carbocycles. The van der Waals surface area contributed by atoms with Crippen molar-refractivity contribution in [2.24, 2.45) is 0 Å². The Bertz CT molecular complexity index is 965. The van der Waals surface area contributed by atoms with Gasteiger partial charge in [-0.15, -0.1) is 0 Å². The van der Waals surface area contributed by atoms with Crippen LogP contribution in [0, 0.1) is 13.8 Å². The molecule has 0 radical (unpaired) electrons. The molecular weight excluding hydrogens is 390 g/mol. The number of nitrogens with one attached hydrogen (secondary N) is 1. The summed E-state index contributed by atoms with van der Waals surface area (Å²) in [5.74, 6) is -0.801.